The van der Waals surface area contributed by atoms with Gasteiger partial charge in [0.05, 0.1) is 16.0 Å². The van der Waals surface area contributed by atoms with Crippen LogP contribution in [-0.2, 0) is 10.0 Å². The fourth-order valence-electron chi connectivity index (χ4n) is 4.39. The predicted octanol–water partition coefficient (Wildman–Crippen LogP) is 2.61. The highest BCUT2D eigenvalue weighted by atomic mass is 32.2. The predicted molar refractivity (Wildman–Crippen MR) is 122 cm³/mol. The summed E-state index contributed by atoms with van der Waals surface area (Å²) in [6.45, 7) is 9.54. The maximum Gasteiger partial charge on any atom is 0.241 e. The van der Waals surface area contributed by atoms with Crippen LogP contribution in [0.1, 0.15) is 39.2 Å². The summed E-state index contributed by atoms with van der Waals surface area (Å²) in [4.78, 5) is 2.38. The number of anilines is 1. The van der Waals surface area contributed by atoms with Crippen LogP contribution in [0.15, 0.2) is 33.8 Å². The SMILES string of the molecule is Cc1ccnnc1-c1noc2c(N3C[C@H](C)N[C@@H](C)C3)cc(S(=O)(=O)NC3(C)CC3)cc12. The monoisotopic (exact) mass is 456 g/mol. The van der Waals surface area contributed by atoms with E-state index in [2.05, 4.69) is 44.1 Å². The number of nitrogens with one attached hydrogen (secondary N) is 2. The summed E-state index contributed by atoms with van der Waals surface area (Å²) >= 11 is 0. The molecule has 5 rings (SSSR count). The number of benzene rings is 1. The van der Waals surface area contributed by atoms with E-state index in [1.54, 1.807) is 18.3 Å². The van der Waals surface area contributed by atoms with E-state index in [0.29, 0.717) is 22.4 Å². The Balaban J connectivity index is 1.70. The molecule has 2 atom stereocenters. The molecule has 3 aromatic rings. The number of nitrogens with zero attached hydrogens (tertiary/aromatic N) is 4. The van der Waals surface area contributed by atoms with E-state index in [1.807, 2.05) is 19.9 Å². The quantitative estimate of drug-likeness (QED) is 0.602. The van der Waals surface area contributed by atoms with Gasteiger partial charge in [-0.2, -0.15) is 5.10 Å². The Labute approximate surface area is 187 Å². The Morgan fingerprint density at radius 3 is 2.56 bits per heavy atom. The molecule has 2 aromatic heterocycles. The largest absolute Gasteiger partial charge is 0.365 e. The molecular weight excluding hydrogens is 428 g/mol. The molecule has 2 fully saturated rings. The normalized spacial score (nSPS) is 22.9. The average molecular weight is 457 g/mol. The third-order valence-corrected chi connectivity index (χ3v) is 7.88. The molecule has 0 spiro atoms. The molecule has 9 nitrogen and oxygen atoms in total. The Bertz CT molecular complexity index is 1270. The van der Waals surface area contributed by atoms with E-state index in [9.17, 15) is 8.42 Å². The van der Waals surface area contributed by atoms with E-state index in [1.165, 1.54) is 0 Å². The van der Waals surface area contributed by atoms with Crippen molar-refractivity contribution in [2.24, 2.45) is 0 Å². The maximum atomic E-state index is 13.3. The fourth-order valence-corrected chi connectivity index (χ4v) is 5.90. The van der Waals surface area contributed by atoms with Crippen LogP contribution in [0.3, 0.4) is 0 Å². The highest BCUT2D eigenvalue weighted by molar-refractivity contribution is 7.89. The molecule has 0 bridgehead atoms. The number of piperazine rings is 1. The second-order valence-corrected chi connectivity index (χ2v) is 11.1. The lowest BCUT2D eigenvalue weighted by Crippen LogP contribution is -2.54. The lowest BCUT2D eigenvalue weighted by Gasteiger charge is -2.37. The molecule has 0 amide bonds. The molecule has 1 saturated heterocycles. The molecule has 170 valence electrons. The smallest absolute Gasteiger partial charge is 0.241 e. The van der Waals surface area contributed by atoms with Gasteiger partial charge in [0.1, 0.15) is 11.4 Å². The van der Waals surface area contributed by atoms with Crippen LogP contribution in [0, 0.1) is 6.92 Å². The number of sulfonamides is 1. The fraction of sp³-hybridized carbons (Fsp3) is 0.500. The van der Waals surface area contributed by atoms with Crippen molar-refractivity contribution in [2.45, 2.75) is 63.1 Å². The van der Waals surface area contributed by atoms with Gasteiger partial charge in [-0.15, -0.1) is 5.10 Å². The minimum Gasteiger partial charge on any atom is -0.365 e. The molecule has 3 heterocycles. The second kappa shape index (κ2) is 7.50. The van der Waals surface area contributed by atoms with Crippen LogP contribution in [0.25, 0.3) is 22.4 Å². The summed E-state index contributed by atoms with van der Waals surface area (Å²) < 4.78 is 35.3. The Hall–Kier alpha value is -2.56. The van der Waals surface area contributed by atoms with E-state index in [-0.39, 0.29) is 22.5 Å². The highest BCUT2D eigenvalue weighted by Gasteiger charge is 2.41. The lowest BCUT2D eigenvalue weighted by molar-refractivity contribution is 0.404. The van der Waals surface area contributed by atoms with Gasteiger partial charge in [0.25, 0.3) is 0 Å². The molecule has 10 heteroatoms. The number of hydrogen-bond acceptors (Lipinski definition) is 8. The highest BCUT2D eigenvalue weighted by Crippen LogP contribution is 2.39. The van der Waals surface area contributed by atoms with E-state index < -0.39 is 10.0 Å². The molecular formula is C22H28N6O3S. The van der Waals surface area contributed by atoms with Crippen molar-refractivity contribution in [2.75, 3.05) is 18.0 Å². The van der Waals surface area contributed by atoms with Gasteiger partial charge in [-0.1, -0.05) is 5.16 Å². The van der Waals surface area contributed by atoms with E-state index >= 15 is 0 Å². The van der Waals surface area contributed by atoms with Crippen molar-refractivity contribution < 1.29 is 12.9 Å². The molecule has 0 radical (unpaired) electrons. The van der Waals surface area contributed by atoms with Gasteiger partial charge in [-0.3, -0.25) is 0 Å². The Morgan fingerprint density at radius 1 is 1.19 bits per heavy atom. The van der Waals surface area contributed by atoms with Gasteiger partial charge in [-0.25, -0.2) is 13.1 Å². The Kier molecular flexibility index (Phi) is 4.99. The van der Waals surface area contributed by atoms with Crippen LogP contribution < -0.4 is 14.9 Å². The summed E-state index contributed by atoms with van der Waals surface area (Å²) in [5.74, 6) is 0. The topological polar surface area (TPSA) is 113 Å². The molecule has 0 unspecified atom stereocenters. The van der Waals surface area contributed by atoms with Crippen LogP contribution in [-0.4, -0.2) is 54.5 Å². The zero-order chi connectivity index (χ0) is 22.7. The van der Waals surface area contributed by atoms with Gasteiger partial charge in [0, 0.05) is 36.9 Å². The number of rotatable bonds is 5. The standard InChI is InChI=1S/C22H28N6O3S/c1-13-5-8-23-25-19(13)20-17-9-16(32(29,30)27-22(4)6-7-22)10-18(21(17)31-26-20)28-11-14(2)24-15(3)12-28/h5,8-10,14-15,24,27H,6-7,11-12H2,1-4H3/t14-,15-/m0/s1. The first kappa shape index (κ1) is 21.3. The van der Waals surface area contributed by atoms with E-state index in [0.717, 1.165) is 37.2 Å². The van der Waals surface area contributed by atoms with Gasteiger partial charge < -0.3 is 14.7 Å². The van der Waals surface area contributed by atoms with Gasteiger partial charge in [0.15, 0.2) is 5.58 Å². The lowest BCUT2D eigenvalue weighted by atomic mass is 10.1. The van der Waals surface area contributed by atoms with Gasteiger partial charge >= 0.3 is 0 Å². The molecule has 1 aliphatic heterocycles. The van der Waals surface area contributed by atoms with Gasteiger partial charge in [-0.05, 0) is 64.3 Å². The second-order valence-electron chi connectivity index (χ2n) is 9.45. The maximum absolute atomic E-state index is 13.3. The molecule has 1 aliphatic carbocycles. The first-order chi connectivity index (χ1) is 15.2. The zero-order valence-corrected chi connectivity index (χ0v) is 19.5. The van der Waals surface area contributed by atoms with Crippen LogP contribution in [0.4, 0.5) is 5.69 Å². The third-order valence-electron chi connectivity index (χ3n) is 6.26. The van der Waals surface area contributed by atoms with Crippen molar-refractivity contribution >= 4 is 26.7 Å². The van der Waals surface area contributed by atoms with Crippen molar-refractivity contribution in [3.05, 3.63) is 30.0 Å². The van der Waals surface area contributed by atoms with Crippen molar-refractivity contribution in [3.8, 4) is 11.4 Å². The van der Waals surface area contributed by atoms with Crippen molar-refractivity contribution in [1.29, 1.82) is 0 Å². The van der Waals surface area contributed by atoms with Crippen LogP contribution in [0.2, 0.25) is 0 Å². The minimum absolute atomic E-state index is 0.206. The Morgan fingerprint density at radius 2 is 1.91 bits per heavy atom. The van der Waals surface area contributed by atoms with Gasteiger partial charge in [0.2, 0.25) is 10.0 Å². The minimum atomic E-state index is -3.72. The summed E-state index contributed by atoms with van der Waals surface area (Å²) in [6, 6.07) is 5.70. The van der Waals surface area contributed by atoms with E-state index in [4.69, 9.17) is 4.52 Å². The number of hydrogen-bond donors (Lipinski definition) is 2. The summed E-state index contributed by atoms with van der Waals surface area (Å²) in [7, 11) is -3.72. The average Bonchev–Trinajstić information content (AvgIpc) is 3.28. The number of fused-ring (bicyclic) bond motifs is 1. The molecule has 2 N–H and O–H groups in total. The summed E-state index contributed by atoms with van der Waals surface area (Å²) in [5.41, 5.74) is 2.88. The first-order valence-corrected chi connectivity index (χ1v) is 12.4. The molecule has 1 saturated carbocycles. The summed E-state index contributed by atoms with van der Waals surface area (Å²) in [6.07, 6.45) is 3.29. The third kappa shape index (κ3) is 3.87. The van der Waals surface area contributed by atoms with Crippen molar-refractivity contribution in [3.63, 3.8) is 0 Å². The number of aryl methyl sites for hydroxylation is 1. The van der Waals surface area contributed by atoms with Crippen LogP contribution in [0.5, 0.6) is 0 Å². The van der Waals surface area contributed by atoms with Crippen LogP contribution >= 0.6 is 0 Å². The number of aromatic nitrogens is 3. The molecule has 1 aromatic carbocycles. The molecule has 2 aliphatic rings. The molecule has 32 heavy (non-hydrogen) atoms. The summed E-state index contributed by atoms with van der Waals surface area (Å²) in [5, 5.41) is 16.6. The van der Waals surface area contributed by atoms with Crippen molar-refractivity contribution in [1.82, 2.24) is 25.4 Å². The first-order valence-electron chi connectivity index (χ1n) is 10.9. The zero-order valence-electron chi connectivity index (χ0n) is 18.7.